The summed E-state index contributed by atoms with van der Waals surface area (Å²) >= 11 is 0. The first-order valence-corrected chi connectivity index (χ1v) is 5.49. The molecule has 14 heavy (non-hydrogen) atoms. The first kappa shape index (κ1) is 11.5. The molecule has 0 saturated carbocycles. The van der Waals surface area contributed by atoms with Gasteiger partial charge in [-0.05, 0) is 25.2 Å². The predicted molar refractivity (Wildman–Crippen MR) is 56.0 cm³/mol. The van der Waals surface area contributed by atoms with E-state index in [1.54, 1.807) is 0 Å². The fraction of sp³-hybridized carbons (Fsp3) is 0.909. The van der Waals surface area contributed by atoms with Crippen LogP contribution in [0.5, 0.6) is 0 Å². The van der Waals surface area contributed by atoms with Crippen molar-refractivity contribution in [2.75, 3.05) is 26.3 Å². The topological polar surface area (TPSA) is 29.5 Å². The van der Waals surface area contributed by atoms with E-state index in [4.69, 9.17) is 4.74 Å². The average Bonchev–Trinajstić information content (AvgIpc) is 2.12. The molecule has 1 heterocycles. The van der Waals surface area contributed by atoms with Crippen molar-refractivity contribution in [3.05, 3.63) is 0 Å². The highest BCUT2D eigenvalue weighted by atomic mass is 16.5. The first-order valence-electron chi connectivity index (χ1n) is 5.49. The summed E-state index contributed by atoms with van der Waals surface area (Å²) in [4.78, 5) is 13.6. The van der Waals surface area contributed by atoms with Gasteiger partial charge in [0, 0.05) is 19.7 Å². The van der Waals surface area contributed by atoms with Crippen molar-refractivity contribution in [2.45, 2.75) is 27.2 Å². The molecule has 82 valence electrons. The van der Waals surface area contributed by atoms with Crippen LogP contribution in [0.15, 0.2) is 0 Å². The second-order valence-electron chi connectivity index (χ2n) is 4.38. The number of amides is 1. The molecule has 0 bridgehead atoms. The van der Waals surface area contributed by atoms with E-state index in [9.17, 15) is 4.79 Å². The molecule has 0 aromatic heterocycles. The summed E-state index contributed by atoms with van der Waals surface area (Å²) < 4.78 is 5.13. The van der Waals surface area contributed by atoms with Crippen LogP contribution < -0.4 is 0 Å². The van der Waals surface area contributed by atoms with E-state index in [0.717, 1.165) is 13.1 Å². The Morgan fingerprint density at radius 2 is 1.93 bits per heavy atom. The minimum atomic E-state index is 0.144. The number of likely N-dealkylation sites (tertiary alicyclic amines) is 1. The lowest BCUT2D eigenvalue weighted by Crippen LogP contribution is -2.44. The van der Waals surface area contributed by atoms with Gasteiger partial charge in [-0.1, -0.05) is 13.8 Å². The lowest BCUT2D eigenvalue weighted by Gasteiger charge is -2.34. The molecule has 1 fully saturated rings. The Morgan fingerprint density at radius 3 is 2.43 bits per heavy atom. The number of hydrogen-bond acceptors (Lipinski definition) is 2. The van der Waals surface area contributed by atoms with Crippen molar-refractivity contribution in [2.24, 2.45) is 11.8 Å². The number of piperidine rings is 1. The van der Waals surface area contributed by atoms with Gasteiger partial charge in [0.15, 0.2) is 0 Å². The zero-order chi connectivity index (χ0) is 10.6. The molecule has 1 aliphatic rings. The summed E-state index contributed by atoms with van der Waals surface area (Å²) in [5, 5.41) is 0. The molecule has 0 radical (unpaired) electrons. The standard InChI is InChI=1S/C11H21NO2/c1-4-14-8-11(13)12-6-9(2)5-10(3)7-12/h9-10H,4-8H2,1-3H3. The van der Waals surface area contributed by atoms with Gasteiger partial charge in [0.05, 0.1) is 0 Å². The molecule has 1 saturated heterocycles. The van der Waals surface area contributed by atoms with Crippen LogP contribution in [0.3, 0.4) is 0 Å². The smallest absolute Gasteiger partial charge is 0.248 e. The third-order valence-corrected chi connectivity index (χ3v) is 2.65. The van der Waals surface area contributed by atoms with E-state index in [-0.39, 0.29) is 12.5 Å². The molecule has 2 unspecified atom stereocenters. The van der Waals surface area contributed by atoms with Gasteiger partial charge in [-0.3, -0.25) is 4.79 Å². The number of rotatable bonds is 3. The summed E-state index contributed by atoms with van der Waals surface area (Å²) in [6.07, 6.45) is 1.23. The second-order valence-corrected chi connectivity index (χ2v) is 4.38. The number of hydrogen-bond donors (Lipinski definition) is 0. The summed E-state index contributed by atoms with van der Waals surface area (Å²) in [7, 11) is 0. The Balaban J connectivity index is 2.38. The Bertz CT molecular complexity index is 184. The van der Waals surface area contributed by atoms with Gasteiger partial charge in [0.1, 0.15) is 6.61 Å². The fourth-order valence-corrected chi connectivity index (χ4v) is 2.15. The van der Waals surface area contributed by atoms with Crippen LogP contribution in [0.2, 0.25) is 0 Å². The molecular weight excluding hydrogens is 178 g/mol. The molecule has 3 heteroatoms. The zero-order valence-electron chi connectivity index (χ0n) is 9.45. The van der Waals surface area contributed by atoms with Crippen molar-refractivity contribution >= 4 is 5.91 Å². The Morgan fingerprint density at radius 1 is 1.36 bits per heavy atom. The summed E-state index contributed by atoms with van der Waals surface area (Å²) in [6, 6.07) is 0. The van der Waals surface area contributed by atoms with E-state index in [2.05, 4.69) is 13.8 Å². The highest BCUT2D eigenvalue weighted by Gasteiger charge is 2.24. The van der Waals surface area contributed by atoms with Crippen LogP contribution in [0.4, 0.5) is 0 Å². The molecule has 0 spiro atoms. The van der Waals surface area contributed by atoms with Crippen LogP contribution in [0.1, 0.15) is 27.2 Å². The highest BCUT2D eigenvalue weighted by molar-refractivity contribution is 5.77. The van der Waals surface area contributed by atoms with Crippen LogP contribution in [-0.4, -0.2) is 37.1 Å². The van der Waals surface area contributed by atoms with Gasteiger partial charge >= 0.3 is 0 Å². The molecule has 1 aliphatic heterocycles. The molecule has 0 aliphatic carbocycles. The second kappa shape index (κ2) is 5.35. The molecular formula is C11H21NO2. The SMILES string of the molecule is CCOCC(=O)N1CC(C)CC(C)C1. The first-order chi connectivity index (χ1) is 6.63. The van der Waals surface area contributed by atoms with Crippen molar-refractivity contribution in [1.82, 2.24) is 4.90 Å². The van der Waals surface area contributed by atoms with Crippen molar-refractivity contribution in [3.63, 3.8) is 0 Å². The normalized spacial score (nSPS) is 27.8. The van der Waals surface area contributed by atoms with Crippen LogP contribution in [-0.2, 0) is 9.53 Å². The fourth-order valence-electron chi connectivity index (χ4n) is 2.15. The van der Waals surface area contributed by atoms with E-state index in [0.29, 0.717) is 18.4 Å². The zero-order valence-corrected chi connectivity index (χ0v) is 9.45. The minimum Gasteiger partial charge on any atom is -0.372 e. The summed E-state index contributed by atoms with van der Waals surface area (Å²) in [5.41, 5.74) is 0. The van der Waals surface area contributed by atoms with Crippen molar-refractivity contribution in [1.29, 1.82) is 0 Å². The number of nitrogens with zero attached hydrogens (tertiary/aromatic N) is 1. The quantitative estimate of drug-likeness (QED) is 0.690. The van der Waals surface area contributed by atoms with Gasteiger partial charge in [0.25, 0.3) is 0 Å². The molecule has 2 atom stereocenters. The maximum absolute atomic E-state index is 11.6. The lowest BCUT2D eigenvalue weighted by molar-refractivity contribution is -0.138. The van der Waals surface area contributed by atoms with Gasteiger partial charge in [0.2, 0.25) is 5.91 Å². The number of carbonyl (C=O) groups excluding carboxylic acids is 1. The average molecular weight is 199 g/mol. The van der Waals surface area contributed by atoms with E-state index in [1.807, 2.05) is 11.8 Å². The predicted octanol–water partition coefficient (Wildman–Crippen LogP) is 1.53. The van der Waals surface area contributed by atoms with E-state index in [1.165, 1.54) is 6.42 Å². The third-order valence-electron chi connectivity index (χ3n) is 2.65. The molecule has 1 amide bonds. The molecule has 0 aromatic carbocycles. The van der Waals surface area contributed by atoms with Crippen LogP contribution in [0, 0.1) is 11.8 Å². The monoisotopic (exact) mass is 199 g/mol. The van der Waals surface area contributed by atoms with Crippen molar-refractivity contribution < 1.29 is 9.53 Å². The third kappa shape index (κ3) is 3.29. The highest BCUT2D eigenvalue weighted by Crippen LogP contribution is 2.20. The molecule has 0 aromatic rings. The van der Waals surface area contributed by atoms with Gasteiger partial charge < -0.3 is 9.64 Å². The number of ether oxygens (including phenoxy) is 1. The van der Waals surface area contributed by atoms with E-state index >= 15 is 0 Å². The molecule has 1 rings (SSSR count). The molecule has 3 nitrogen and oxygen atoms in total. The Hall–Kier alpha value is -0.570. The summed E-state index contributed by atoms with van der Waals surface area (Å²) in [6.45, 7) is 8.98. The molecule has 0 N–H and O–H groups in total. The summed E-state index contributed by atoms with van der Waals surface area (Å²) in [5.74, 6) is 1.40. The lowest BCUT2D eigenvalue weighted by atomic mass is 9.92. The Kier molecular flexibility index (Phi) is 4.39. The van der Waals surface area contributed by atoms with Gasteiger partial charge in [-0.2, -0.15) is 0 Å². The maximum Gasteiger partial charge on any atom is 0.248 e. The Labute approximate surface area is 86.4 Å². The van der Waals surface area contributed by atoms with Crippen molar-refractivity contribution in [3.8, 4) is 0 Å². The maximum atomic E-state index is 11.6. The van der Waals surface area contributed by atoms with Gasteiger partial charge in [-0.15, -0.1) is 0 Å². The van der Waals surface area contributed by atoms with E-state index < -0.39 is 0 Å². The number of carbonyl (C=O) groups is 1. The van der Waals surface area contributed by atoms with Crippen LogP contribution in [0.25, 0.3) is 0 Å². The van der Waals surface area contributed by atoms with Crippen LogP contribution >= 0.6 is 0 Å². The minimum absolute atomic E-state index is 0.144. The largest absolute Gasteiger partial charge is 0.372 e. The van der Waals surface area contributed by atoms with Gasteiger partial charge in [-0.25, -0.2) is 0 Å².